The highest BCUT2D eigenvalue weighted by Gasteiger charge is 2.49. The first kappa shape index (κ1) is 17.6. The van der Waals surface area contributed by atoms with E-state index in [9.17, 15) is 9.59 Å². The van der Waals surface area contributed by atoms with Gasteiger partial charge >= 0.3 is 0 Å². The minimum atomic E-state index is -0.662. The highest BCUT2D eigenvalue weighted by molar-refractivity contribution is 7.13. The standard InChI is InChI=1S/C22H20N2O2S/c1-14(25)16-8-9-17-13-22(2,20(26)24-21-23-10-11-27-21)19(18(17)12-16)15-6-4-3-5-7-15/h3-12,19H,13H2,1-2H3,(H,23,24,26). The zero-order valence-corrected chi connectivity index (χ0v) is 16.0. The van der Waals surface area contributed by atoms with Crippen molar-refractivity contribution in [3.05, 3.63) is 82.4 Å². The molecular formula is C22H20N2O2S. The predicted octanol–water partition coefficient (Wildman–Crippen LogP) is 4.68. The number of rotatable bonds is 4. The molecule has 1 aliphatic rings. The molecule has 2 aromatic carbocycles. The Morgan fingerprint density at radius 1 is 1.19 bits per heavy atom. The fourth-order valence-electron chi connectivity index (χ4n) is 4.01. The van der Waals surface area contributed by atoms with E-state index < -0.39 is 5.41 Å². The van der Waals surface area contributed by atoms with Crippen molar-refractivity contribution in [3.63, 3.8) is 0 Å². The van der Waals surface area contributed by atoms with Gasteiger partial charge in [0.05, 0.1) is 5.41 Å². The van der Waals surface area contributed by atoms with E-state index in [0.717, 1.165) is 16.7 Å². The average Bonchev–Trinajstić information content (AvgIpc) is 3.27. The molecule has 1 aromatic heterocycles. The fourth-order valence-corrected chi connectivity index (χ4v) is 4.54. The van der Waals surface area contributed by atoms with Crippen molar-refractivity contribution in [1.82, 2.24) is 4.98 Å². The Hall–Kier alpha value is -2.79. The second kappa shape index (κ2) is 6.74. The van der Waals surface area contributed by atoms with Gasteiger partial charge in [-0.1, -0.05) is 42.5 Å². The molecule has 0 saturated heterocycles. The molecule has 1 N–H and O–H groups in total. The van der Waals surface area contributed by atoms with Gasteiger partial charge in [0.1, 0.15) is 0 Å². The zero-order chi connectivity index (χ0) is 19.0. The Balaban J connectivity index is 1.81. The van der Waals surface area contributed by atoms with Gasteiger partial charge in [0.2, 0.25) is 5.91 Å². The molecule has 5 heteroatoms. The molecule has 0 bridgehead atoms. The van der Waals surface area contributed by atoms with Crippen LogP contribution >= 0.6 is 11.3 Å². The molecule has 2 atom stereocenters. The summed E-state index contributed by atoms with van der Waals surface area (Å²) in [5.41, 5.74) is 3.27. The number of nitrogens with zero attached hydrogens (tertiary/aromatic N) is 1. The van der Waals surface area contributed by atoms with E-state index >= 15 is 0 Å². The predicted molar refractivity (Wildman–Crippen MR) is 107 cm³/mol. The van der Waals surface area contributed by atoms with Crippen LogP contribution in [-0.2, 0) is 11.2 Å². The number of thiazole rings is 1. The van der Waals surface area contributed by atoms with Gasteiger partial charge in [-0.3, -0.25) is 9.59 Å². The Morgan fingerprint density at radius 2 is 1.96 bits per heavy atom. The smallest absolute Gasteiger partial charge is 0.233 e. The van der Waals surface area contributed by atoms with Crippen molar-refractivity contribution < 1.29 is 9.59 Å². The Bertz CT molecular complexity index is 998. The number of amides is 1. The summed E-state index contributed by atoms with van der Waals surface area (Å²) in [5, 5.41) is 5.43. The highest BCUT2D eigenvalue weighted by atomic mass is 32.1. The molecule has 4 rings (SSSR count). The normalized spacial score (nSPS) is 20.9. The summed E-state index contributed by atoms with van der Waals surface area (Å²) in [6, 6.07) is 15.8. The summed E-state index contributed by atoms with van der Waals surface area (Å²) in [4.78, 5) is 29.4. The third kappa shape index (κ3) is 3.08. The topological polar surface area (TPSA) is 59.1 Å². The Kier molecular flexibility index (Phi) is 4.40. The maximum absolute atomic E-state index is 13.3. The van der Waals surface area contributed by atoms with Gasteiger partial charge in [-0.2, -0.15) is 0 Å². The van der Waals surface area contributed by atoms with Gasteiger partial charge in [0.15, 0.2) is 10.9 Å². The number of aromatic nitrogens is 1. The molecule has 0 fully saturated rings. The van der Waals surface area contributed by atoms with Crippen LogP contribution in [0, 0.1) is 5.41 Å². The molecule has 3 aromatic rings. The van der Waals surface area contributed by atoms with Gasteiger partial charge < -0.3 is 5.32 Å². The molecular weight excluding hydrogens is 356 g/mol. The molecule has 0 saturated carbocycles. The van der Waals surface area contributed by atoms with Crippen LogP contribution < -0.4 is 5.32 Å². The number of hydrogen-bond acceptors (Lipinski definition) is 4. The largest absolute Gasteiger partial charge is 0.301 e. The molecule has 0 radical (unpaired) electrons. The molecule has 2 unspecified atom stereocenters. The van der Waals surface area contributed by atoms with Crippen LogP contribution in [0.2, 0.25) is 0 Å². The second-order valence-electron chi connectivity index (χ2n) is 7.20. The van der Waals surface area contributed by atoms with Crippen molar-refractivity contribution in [2.45, 2.75) is 26.2 Å². The van der Waals surface area contributed by atoms with Crippen LogP contribution in [-0.4, -0.2) is 16.7 Å². The molecule has 1 amide bonds. The molecule has 1 heterocycles. The molecule has 0 spiro atoms. The minimum Gasteiger partial charge on any atom is -0.301 e. The van der Waals surface area contributed by atoms with Gasteiger partial charge in [0, 0.05) is 23.1 Å². The van der Waals surface area contributed by atoms with Gasteiger partial charge in [-0.25, -0.2) is 4.98 Å². The molecule has 27 heavy (non-hydrogen) atoms. The third-order valence-corrected chi connectivity index (χ3v) is 6.05. The number of carbonyl (C=O) groups is 2. The number of fused-ring (bicyclic) bond motifs is 1. The van der Waals surface area contributed by atoms with Crippen molar-refractivity contribution >= 4 is 28.2 Å². The first-order chi connectivity index (χ1) is 13.0. The molecule has 136 valence electrons. The Morgan fingerprint density at radius 3 is 2.63 bits per heavy atom. The summed E-state index contributed by atoms with van der Waals surface area (Å²) >= 11 is 1.41. The first-order valence-electron chi connectivity index (χ1n) is 8.89. The van der Waals surface area contributed by atoms with Crippen molar-refractivity contribution in [2.75, 3.05) is 5.32 Å². The lowest BCUT2D eigenvalue weighted by atomic mass is 9.73. The van der Waals surface area contributed by atoms with Crippen molar-refractivity contribution in [1.29, 1.82) is 0 Å². The quantitative estimate of drug-likeness (QED) is 0.673. The van der Waals surface area contributed by atoms with Crippen LogP contribution in [0.5, 0.6) is 0 Å². The van der Waals surface area contributed by atoms with Crippen LogP contribution in [0.15, 0.2) is 60.1 Å². The maximum atomic E-state index is 13.3. The third-order valence-electron chi connectivity index (χ3n) is 5.36. The lowest BCUT2D eigenvalue weighted by Gasteiger charge is -2.31. The zero-order valence-electron chi connectivity index (χ0n) is 15.2. The van der Waals surface area contributed by atoms with E-state index in [-0.39, 0.29) is 17.6 Å². The number of anilines is 1. The van der Waals surface area contributed by atoms with Crippen molar-refractivity contribution in [2.24, 2.45) is 5.41 Å². The van der Waals surface area contributed by atoms with E-state index in [1.807, 2.05) is 48.7 Å². The fraction of sp³-hybridized carbons (Fsp3) is 0.227. The van der Waals surface area contributed by atoms with Crippen LogP contribution in [0.1, 0.15) is 46.8 Å². The number of hydrogen-bond donors (Lipinski definition) is 1. The van der Waals surface area contributed by atoms with E-state index in [4.69, 9.17) is 0 Å². The van der Waals surface area contributed by atoms with E-state index in [2.05, 4.69) is 22.4 Å². The number of carbonyl (C=O) groups excluding carboxylic acids is 2. The van der Waals surface area contributed by atoms with E-state index in [1.165, 1.54) is 11.3 Å². The van der Waals surface area contributed by atoms with E-state index in [1.54, 1.807) is 13.1 Å². The summed E-state index contributed by atoms with van der Waals surface area (Å²) in [5.74, 6) is -0.134. The average molecular weight is 376 g/mol. The minimum absolute atomic E-state index is 0.0328. The first-order valence-corrected chi connectivity index (χ1v) is 9.76. The van der Waals surface area contributed by atoms with Crippen molar-refractivity contribution in [3.8, 4) is 0 Å². The number of benzene rings is 2. The molecule has 0 aliphatic heterocycles. The summed E-state index contributed by atoms with van der Waals surface area (Å²) < 4.78 is 0. The van der Waals surface area contributed by atoms with Gasteiger partial charge in [-0.15, -0.1) is 11.3 Å². The molecule has 4 nitrogen and oxygen atoms in total. The second-order valence-corrected chi connectivity index (χ2v) is 8.09. The lowest BCUT2D eigenvalue weighted by molar-refractivity contribution is -0.125. The highest BCUT2D eigenvalue weighted by Crippen LogP contribution is 2.51. The van der Waals surface area contributed by atoms with Gasteiger partial charge in [-0.05, 0) is 43.0 Å². The maximum Gasteiger partial charge on any atom is 0.233 e. The van der Waals surface area contributed by atoms with Gasteiger partial charge in [0.25, 0.3) is 0 Å². The number of nitrogens with one attached hydrogen (secondary N) is 1. The summed E-state index contributed by atoms with van der Waals surface area (Å²) in [7, 11) is 0. The Labute approximate surface area is 162 Å². The lowest BCUT2D eigenvalue weighted by Crippen LogP contribution is -2.37. The monoisotopic (exact) mass is 376 g/mol. The summed E-state index contributed by atoms with van der Waals surface area (Å²) in [6.45, 7) is 3.57. The summed E-state index contributed by atoms with van der Waals surface area (Å²) in [6.07, 6.45) is 2.30. The van der Waals surface area contributed by atoms with Crippen LogP contribution in [0.4, 0.5) is 5.13 Å². The molecule has 1 aliphatic carbocycles. The number of Topliss-reactive ketones (excluding diaryl/α,β-unsaturated/α-hetero) is 1. The van der Waals surface area contributed by atoms with Crippen LogP contribution in [0.25, 0.3) is 0 Å². The number of ketones is 1. The van der Waals surface area contributed by atoms with E-state index in [0.29, 0.717) is 17.1 Å². The van der Waals surface area contributed by atoms with Crippen LogP contribution in [0.3, 0.4) is 0 Å². The SMILES string of the molecule is CC(=O)c1ccc2c(c1)C(c1ccccc1)C(C)(C(=O)Nc1nccs1)C2.